The monoisotopic (exact) mass is 309 g/mol. The van der Waals surface area contributed by atoms with E-state index in [0.29, 0.717) is 6.54 Å². The van der Waals surface area contributed by atoms with Crippen LogP contribution in [0.5, 0.6) is 0 Å². The maximum absolute atomic E-state index is 13.2. The number of benzene rings is 1. The molecule has 1 heterocycles. The predicted octanol–water partition coefficient (Wildman–Crippen LogP) is 1.54. The quantitative estimate of drug-likeness (QED) is 0.887. The predicted molar refractivity (Wildman–Crippen MR) is 79.0 cm³/mol. The molecule has 1 saturated heterocycles. The highest BCUT2D eigenvalue weighted by molar-refractivity contribution is 5.89. The zero-order chi connectivity index (χ0) is 15.7. The van der Waals surface area contributed by atoms with Gasteiger partial charge in [0.25, 0.3) is 0 Å². The molecule has 22 heavy (non-hydrogen) atoms. The summed E-state index contributed by atoms with van der Waals surface area (Å²) in [5.74, 6) is -1.66. The lowest BCUT2D eigenvalue weighted by atomic mass is 10.0. The fraction of sp³-hybridized carbons (Fsp3) is 0.562. The molecule has 0 unspecified atom stereocenters. The first kappa shape index (κ1) is 15.4. The molecule has 120 valence electrons. The van der Waals surface area contributed by atoms with Crippen molar-refractivity contribution in [3.63, 3.8) is 0 Å². The molecule has 4 nitrogen and oxygen atoms in total. The molecule has 6 heteroatoms. The molecular formula is C16H21F2N3O. The molecule has 1 amide bonds. The van der Waals surface area contributed by atoms with Crippen LogP contribution >= 0.6 is 0 Å². The SMILES string of the molecule is NC1(C(=O)NC2CCN(Cc3ccc(F)c(F)c3)CC2)CC1. The van der Waals surface area contributed by atoms with Crippen LogP contribution in [0.3, 0.4) is 0 Å². The average molecular weight is 309 g/mol. The summed E-state index contributed by atoms with van der Waals surface area (Å²) in [5.41, 5.74) is 6.02. The highest BCUT2D eigenvalue weighted by atomic mass is 19.2. The van der Waals surface area contributed by atoms with Crippen LogP contribution in [0.1, 0.15) is 31.2 Å². The van der Waals surface area contributed by atoms with E-state index >= 15 is 0 Å². The van der Waals surface area contributed by atoms with Gasteiger partial charge < -0.3 is 11.1 Å². The number of amides is 1. The Labute approximate surface area is 128 Å². The highest BCUT2D eigenvalue weighted by Crippen LogP contribution is 2.32. The second-order valence-corrected chi connectivity index (χ2v) is 6.43. The molecule has 1 aliphatic heterocycles. The summed E-state index contributed by atoms with van der Waals surface area (Å²) in [4.78, 5) is 14.1. The van der Waals surface area contributed by atoms with E-state index in [1.807, 2.05) is 0 Å². The normalized spacial score (nSPS) is 21.6. The molecule has 0 atom stereocenters. The maximum atomic E-state index is 13.2. The van der Waals surface area contributed by atoms with Crippen LogP contribution in [0.25, 0.3) is 0 Å². The molecule has 0 spiro atoms. The van der Waals surface area contributed by atoms with E-state index in [2.05, 4.69) is 10.2 Å². The summed E-state index contributed by atoms with van der Waals surface area (Å²) >= 11 is 0. The van der Waals surface area contributed by atoms with Gasteiger partial charge in [-0.25, -0.2) is 8.78 Å². The van der Waals surface area contributed by atoms with Crippen LogP contribution in [0.15, 0.2) is 18.2 Å². The number of rotatable bonds is 4. The number of hydrogen-bond donors (Lipinski definition) is 2. The fourth-order valence-electron chi connectivity index (χ4n) is 2.82. The summed E-state index contributed by atoms with van der Waals surface area (Å²) in [5, 5.41) is 3.02. The number of carbonyl (C=O) groups excluding carboxylic acids is 1. The van der Waals surface area contributed by atoms with E-state index in [1.54, 1.807) is 6.07 Å². The Hall–Kier alpha value is -1.53. The van der Waals surface area contributed by atoms with Gasteiger partial charge in [-0.05, 0) is 43.4 Å². The topological polar surface area (TPSA) is 58.4 Å². The van der Waals surface area contributed by atoms with Gasteiger partial charge in [0.1, 0.15) is 0 Å². The van der Waals surface area contributed by atoms with E-state index in [9.17, 15) is 13.6 Å². The van der Waals surface area contributed by atoms with E-state index < -0.39 is 17.2 Å². The molecule has 3 N–H and O–H groups in total. The zero-order valence-electron chi connectivity index (χ0n) is 12.4. The van der Waals surface area contributed by atoms with Crippen molar-refractivity contribution in [3.05, 3.63) is 35.4 Å². The largest absolute Gasteiger partial charge is 0.352 e. The van der Waals surface area contributed by atoms with Gasteiger partial charge in [0.15, 0.2) is 11.6 Å². The van der Waals surface area contributed by atoms with Crippen molar-refractivity contribution >= 4 is 5.91 Å². The van der Waals surface area contributed by atoms with Crippen molar-refractivity contribution in [3.8, 4) is 0 Å². The van der Waals surface area contributed by atoms with Crippen molar-refractivity contribution in [2.45, 2.75) is 43.8 Å². The number of hydrogen-bond acceptors (Lipinski definition) is 3. The summed E-state index contributed by atoms with van der Waals surface area (Å²) in [7, 11) is 0. The van der Waals surface area contributed by atoms with E-state index in [4.69, 9.17) is 5.73 Å². The highest BCUT2D eigenvalue weighted by Gasteiger charge is 2.46. The van der Waals surface area contributed by atoms with E-state index in [-0.39, 0.29) is 11.9 Å². The summed E-state index contributed by atoms with van der Waals surface area (Å²) in [6.07, 6.45) is 3.25. The Morgan fingerprint density at radius 1 is 1.27 bits per heavy atom. The third-order valence-corrected chi connectivity index (χ3v) is 4.55. The van der Waals surface area contributed by atoms with Crippen LogP contribution in [-0.4, -0.2) is 35.5 Å². The first-order valence-electron chi connectivity index (χ1n) is 7.72. The summed E-state index contributed by atoms with van der Waals surface area (Å²) in [6.45, 7) is 2.24. The molecule has 1 aromatic rings. The van der Waals surface area contributed by atoms with Gasteiger partial charge in [0.05, 0.1) is 5.54 Å². The molecule has 2 aliphatic rings. The van der Waals surface area contributed by atoms with Crippen LogP contribution in [0, 0.1) is 11.6 Å². The number of nitrogens with zero attached hydrogens (tertiary/aromatic N) is 1. The molecule has 1 aromatic carbocycles. The molecule has 3 rings (SSSR count). The van der Waals surface area contributed by atoms with Gasteiger partial charge in [-0.15, -0.1) is 0 Å². The summed E-state index contributed by atoms with van der Waals surface area (Å²) < 4.78 is 26.1. The van der Waals surface area contributed by atoms with Gasteiger partial charge >= 0.3 is 0 Å². The maximum Gasteiger partial charge on any atom is 0.240 e. The number of nitrogens with one attached hydrogen (secondary N) is 1. The van der Waals surface area contributed by atoms with Crippen molar-refractivity contribution in [1.29, 1.82) is 0 Å². The smallest absolute Gasteiger partial charge is 0.240 e. The van der Waals surface area contributed by atoms with Crippen molar-refractivity contribution in [2.24, 2.45) is 5.73 Å². The Kier molecular flexibility index (Phi) is 4.14. The van der Waals surface area contributed by atoms with Gasteiger partial charge in [0, 0.05) is 25.7 Å². The van der Waals surface area contributed by atoms with Crippen LogP contribution < -0.4 is 11.1 Å². The van der Waals surface area contributed by atoms with Crippen LogP contribution in [-0.2, 0) is 11.3 Å². The third kappa shape index (κ3) is 3.44. The minimum absolute atomic E-state index is 0.0356. The van der Waals surface area contributed by atoms with E-state index in [0.717, 1.165) is 50.4 Å². The number of piperidine rings is 1. The molecule has 0 bridgehead atoms. The molecule has 0 radical (unpaired) electrons. The number of nitrogens with two attached hydrogens (primary N) is 1. The van der Waals surface area contributed by atoms with Gasteiger partial charge in [-0.1, -0.05) is 6.07 Å². The lowest BCUT2D eigenvalue weighted by molar-refractivity contribution is -0.124. The first-order valence-corrected chi connectivity index (χ1v) is 7.72. The van der Waals surface area contributed by atoms with Crippen molar-refractivity contribution in [1.82, 2.24) is 10.2 Å². The molecule has 0 aromatic heterocycles. The molecular weight excluding hydrogens is 288 g/mol. The third-order valence-electron chi connectivity index (χ3n) is 4.55. The molecule has 1 aliphatic carbocycles. The lowest BCUT2D eigenvalue weighted by Crippen LogP contribution is -2.50. The van der Waals surface area contributed by atoms with Crippen molar-refractivity contribution < 1.29 is 13.6 Å². The first-order chi connectivity index (χ1) is 10.5. The van der Waals surface area contributed by atoms with Crippen LogP contribution in [0.2, 0.25) is 0 Å². The number of carbonyl (C=O) groups is 1. The Morgan fingerprint density at radius 2 is 1.95 bits per heavy atom. The molecule has 2 fully saturated rings. The van der Waals surface area contributed by atoms with Gasteiger partial charge in [0.2, 0.25) is 5.91 Å². The average Bonchev–Trinajstić information content (AvgIpc) is 3.24. The second-order valence-electron chi connectivity index (χ2n) is 6.43. The Morgan fingerprint density at radius 3 is 2.55 bits per heavy atom. The fourth-order valence-corrected chi connectivity index (χ4v) is 2.82. The zero-order valence-corrected chi connectivity index (χ0v) is 12.4. The lowest BCUT2D eigenvalue weighted by Gasteiger charge is -2.32. The van der Waals surface area contributed by atoms with Gasteiger partial charge in [-0.2, -0.15) is 0 Å². The Balaban J connectivity index is 1.47. The minimum atomic E-state index is -0.819. The van der Waals surface area contributed by atoms with Gasteiger partial charge in [-0.3, -0.25) is 9.69 Å². The second kappa shape index (κ2) is 5.93. The standard InChI is InChI=1S/C16H21F2N3O/c17-13-2-1-11(9-14(13)18)10-21-7-3-12(4-8-21)20-15(22)16(19)5-6-16/h1-2,9,12H,3-8,10,19H2,(H,20,22). The number of halogens is 2. The van der Waals surface area contributed by atoms with Crippen LogP contribution in [0.4, 0.5) is 8.78 Å². The minimum Gasteiger partial charge on any atom is -0.352 e. The molecule has 1 saturated carbocycles. The summed E-state index contributed by atoms with van der Waals surface area (Å²) in [6, 6.07) is 4.18. The number of likely N-dealkylation sites (tertiary alicyclic amines) is 1. The van der Waals surface area contributed by atoms with Crippen molar-refractivity contribution in [2.75, 3.05) is 13.1 Å². The Bertz CT molecular complexity index is 567. The van der Waals surface area contributed by atoms with E-state index in [1.165, 1.54) is 6.07 Å².